The quantitative estimate of drug-likeness (QED) is 0.521. The number of carbonyl (C=O) groups is 1. The molecule has 0 atom stereocenters. The first-order valence-corrected chi connectivity index (χ1v) is 11.2. The number of benzene rings is 2. The highest BCUT2D eigenvalue weighted by atomic mass is 19.1. The Bertz CT molecular complexity index is 1080. The van der Waals surface area contributed by atoms with Crippen LogP contribution in [0.25, 0.3) is 11.4 Å². The molecule has 0 bridgehead atoms. The highest BCUT2D eigenvalue weighted by molar-refractivity contribution is 5.76. The van der Waals surface area contributed by atoms with Gasteiger partial charge in [-0.25, -0.2) is 4.39 Å². The van der Waals surface area contributed by atoms with Crippen molar-refractivity contribution in [2.24, 2.45) is 0 Å². The van der Waals surface area contributed by atoms with Crippen LogP contribution in [0.2, 0.25) is 0 Å². The Labute approximate surface area is 193 Å². The van der Waals surface area contributed by atoms with Gasteiger partial charge < -0.3 is 14.2 Å². The van der Waals surface area contributed by atoms with Gasteiger partial charge in [0.1, 0.15) is 11.6 Å². The molecule has 0 N–H and O–H groups in total. The summed E-state index contributed by atoms with van der Waals surface area (Å²) in [5.41, 5.74) is 2.40. The summed E-state index contributed by atoms with van der Waals surface area (Å²) in [4.78, 5) is 21.2. The van der Waals surface area contributed by atoms with Gasteiger partial charge in [0.15, 0.2) is 0 Å². The fourth-order valence-electron chi connectivity index (χ4n) is 3.88. The number of nitrogens with zero attached hydrogens (tertiary/aromatic N) is 4. The van der Waals surface area contributed by atoms with Crippen LogP contribution in [0.3, 0.4) is 0 Å². The summed E-state index contributed by atoms with van der Waals surface area (Å²) in [7, 11) is 1.67. The number of methoxy groups -OCH3 is 1. The fourth-order valence-corrected chi connectivity index (χ4v) is 3.88. The normalized spacial score (nSPS) is 14.5. The van der Waals surface area contributed by atoms with Crippen LogP contribution in [0.1, 0.15) is 23.4 Å². The second-order valence-corrected chi connectivity index (χ2v) is 8.30. The molecule has 1 fully saturated rings. The Balaban J connectivity index is 1.20. The molecule has 0 unspecified atom stereocenters. The predicted octanol–water partition coefficient (Wildman–Crippen LogP) is 3.51. The van der Waals surface area contributed by atoms with Crippen molar-refractivity contribution in [3.05, 3.63) is 65.3 Å². The summed E-state index contributed by atoms with van der Waals surface area (Å²) in [6.45, 7) is 5.85. The summed E-state index contributed by atoms with van der Waals surface area (Å²) in [5.74, 6) is 1.37. The first-order chi connectivity index (χ1) is 16.0. The topological polar surface area (TPSA) is 71.7 Å². The SMILES string of the molecule is COc1ccc(CCN2CCN(C(=O)CCc3nc(-c4ccc(C)c(F)c4)no3)CC2)cc1. The molecule has 0 aliphatic carbocycles. The van der Waals surface area contributed by atoms with Gasteiger partial charge in [0.2, 0.25) is 17.6 Å². The number of ether oxygens (including phenoxy) is 1. The van der Waals surface area contributed by atoms with Crippen molar-refractivity contribution >= 4 is 5.91 Å². The van der Waals surface area contributed by atoms with E-state index in [0.717, 1.165) is 44.9 Å². The van der Waals surface area contributed by atoms with Crippen molar-refractivity contribution in [2.75, 3.05) is 39.8 Å². The molecule has 174 valence electrons. The van der Waals surface area contributed by atoms with E-state index in [2.05, 4.69) is 27.2 Å². The monoisotopic (exact) mass is 452 g/mol. The van der Waals surface area contributed by atoms with Gasteiger partial charge in [-0.15, -0.1) is 0 Å². The lowest BCUT2D eigenvalue weighted by atomic mass is 10.1. The minimum atomic E-state index is -0.308. The van der Waals surface area contributed by atoms with Crippen LogP contribution >= 0.6 is 0 Å². The van der Waals surface area contributed by atoms with Crippen molar-refractivity contribution in [1.29, 1.82) is 0 Å². The zero-order valence-corrected chi connectivity index (χ0v) is 19.1. The minimum absolute atomic E-state index is 0.0888. The predicted molar refractivity (Wildman–Crippen MR) is 122 cm³/mol. The van der Waals surface area contributed by atoms with E-state index in [1.165, 1.54) is 11.6 Å². The van der Waals surface area contributed by atoms with Gasteiger partial charge in [-0.3, -0.25) is 9.69 Å². The number of hydrogen-bond acceptors (Lipinski definition) is 6. The molecule has 8 heteroatoms. The van der Waals surface area contributed by atoms with E-state index in [0.29, 0.717) is 35.7 Å². The van der Waals surface area contributed by atoms with E-state index in [9.17, 15) is 9.18 Å². The maximum absolute atomic E-state index is 13.8. The van der Waals surface area contributed by atoms with Crippen LogP contribution in [-0.4, -0.2) is 65.7 Å². The number of hydrogen-bond donors (Lipinski definition) is 0. The summed E-state index contributed by atoms with van der Waals surface area (Å²) in [6.07, 6.45) is 1.66. The Morgan fingerprint density at radius 1 is 1.09 bits per heavy atom. The molecule has 2 aromatic carbocycles. The lowest BCUT2D eigenvalue weighted by molar-refractivity contribution is -0.133. The number of aryl methyl sites for hydroxylation is 2. The zero-order valence-electron chi connectivity index (χ0n) is 19.1. The molecule has 0 radical (unpaired) electrons. The van der Waals surface area contributed by atoms with E-state index in [1.807, 2.05) is 17.0 Å². The largest absolute Gasteiger partial charge is 0.497 e. The lowest BCUT2D eigenvalue weighted by Gasteiger charge is -2.34. The summed E-state index contributed by atoms with van der Waals surface area (Å²) in [5, 5.41) is 3.92. The van der Waals surface area contributed by atoms with E-state index in [4.69, 9.17) is 9.26 Å². The number of rotatable bonds is 8. The van der Waals surface area contributed by atoms with Crippen LogP contribution in [-0.2, 0) is 17.6 Å². The van der Waals surface area contributed by atoms with Gasteiger partial charge in [-0.05, 0) is 42.7 Å². The molecular formula is C25H29FN4O3. The minimum Gasteiger partial charge on any atom is -0.497 e. The molecule has 1 amide bonds. The van der Waals surface area contributed by atoms with Gasteiger partial charge in [-0.1, -0.05) is 29.4 Å². The molecule has 1 aliphatic heterocycles. The van der Waals surface area contributed by atoms with Crippen LogP contribution in [0.4, 0.5) is 4.39 Å². The van der Waals surface area contributed by atoms with Gasteiger partial charge in [0, 0.05) is 51.1 Å². The number of piperazine rings is 1. The number of amides is 1. The summed E-state index contributed by atoms with van der Waals surface area (Å²) in [6, 6.07) is 13.0. The molecule has 1 aliphatic rings. The molecule has 0 saturated carbocycles. The van der Waals surface area contributed by atoms with Crippen LogP contribution < -0.4 is 4.74 Å². The molecule has 2 heterocycles. The molecule has 7 nitrogen and oxygen atoms in total. The van der Waals surface area contributed by atoms with Crippen molar-refractivity contribution in [3.63, 3.8) is 0 Å². The number of aromatic nitrogens is 2. The lowest BCUT2D eigenvalue weighted by Crippen LogP contribution is -2.49. The average molecular weight is 453 g/mol. The molecule has 3 aromatic rings. The smallest absolute Gasteiger partial charge is 0.227 e. The Kier molecular flexibility index (Phi) is 7.34. The third kappa shape index (κ3) is 5.96. The fraction of sp³-hybridized carbons (Fsp3) is 0.400. The first kappa shape index (κ1) is 22.9. The Hall–Kier alpha value is -3.26. The maximum Gasteiger partial charge on any atom is 0.227 e. The first-order valence-electron chi connectivity index (χ1n) is 11.2. The molecule has 1 aromatic heterocycles. The maximum atomic E-state index is 13.8. The van der Waals surface area contributed by atoms with Crippen molar-refractivity contribution in [3.8, 4) is 17.1 Å². The molecule has 4 rings (SSSR count). The highest BCUT2D eigenvalue weighted by Crippen LogP contribution is 2.19. The van der Waals surface area contributed by atoms with E-state index in [1.54, 1.807) is 26.2 Å². The molecular weight excluding hydrogens is 423 g/mol. The molecule has 0 spiro atoms. The Morgan fingerprint density at radius 2 is 1.85 bits per heavy atom. The van der Waals surface area contributed by atoms with E-state index >= 15 is 0 Å². The van der Waals surface area contributed by atoms with Gasteiger partial charge in [0.25, 0.3) is 0 Å². The molecule has 1 saturated heterocycles. The second-order valence-electron chi connectivity index (χ2n) is 8.30. The van der Waals surface area contributed by atoms with Crippen LogP contribution in [0, 0.1) is 12.7 Å². The zero-order chi connectivity index (χ0) is 23.2. The van der Waals surface area contributed by atoms with Gasteiger partial charge in [0.05, 0.1) is 7.11 Å². The average Bonchev–Trinajstić information content (AvgIpc) is 3.32. The van der Waals surface area contributed by atoms with Crippen molar-refractivity contribution in [1.82, 2.24) is 19.9 Å². The van der Waals surface area contributed by atoms with Crippen molar-refractivity contribution in [2.45, 2.75) is 26.2 Å². The van der Waals surface area contributed by atoms with Gasteiger partial charge >= 0.3 is 0 Å². The number of carbonyl (C=O) groups excluding carboxylic acids is 1. The summed E-state index contributed by atoms with van der Waals surface area (Å²) < 4.78 is 24.2. The highest BCUT2D eigenvalue weighted by Gasteiger charge is 2.21. The van der Waals surface area contributed by atoms with E-state index < -0.39 is 0 Å². The van der Waals surface area contributed by atoms with Crippen LogP contribution in [0.15, 0.2) is 47.0 Å². The summed E-state index contributed by atoms with van der Waals surface area (Å²) >= 11 is 0. The number of halogens is 1. The molecule has 33 heavy (non-hydrogen) atoms. The van der Waals surface area contributed by atoms with Crippen molar-refractivity contribution < 1.29 is 18.4 Å². The standard InChI is InChI=1S/C25H29FN4O3/c1-18-3-6-20(17-22(18)26)25-27-23(33-28-25)9-10-24(31)30-15-13-29(14-16-30)12-11-19-4-7-21(32-2)8-5-19/h3-8,17H,9-16H2,1-2H3. The second kappa shape index (κ2) is 10.6. The van der Waals surface area contributed by atoms with Gasteiger partial charge in [-0.2, -0.15) is 4.98 Å². The van der Waals surface area contributed by atoms with Crippen LogP contribution in [0.5, 0.6) is 5.75 Å². The third-order valence-corrected chi connectivity index (χ3v) is 6.05. The third-order valence-electron chi connectivity index (χ3n) is 6.05. The van der Waals surface area contributed by atoms with E-state index in [-0.39, 0.29) is 11.7 Å². The Morgan fingerprint density at radius 3 is 2.55 bits per heavy atom.